The lowest BCUT2D eigenvalue weighted by Crippen LogP contribution is -2.64. The van der Waals surface area contributed by atoms with Crippen molar-refractivity contribution in [1.82, 2.24) is 15.8 Å². The minimum absolute atomic E-state index is 0.182. The molecule has 0 aromatic heterocycles. The molecule has 1 rings (SSSR count). The molecular formula is C7H10N3O4-. The summed E-state index contributed by atoms with van der Waals surface area (Å²) >= 11 is 0. The quantitative estimate of drug-likeness (QED) is 0.527. The molecule has 78 valence electrons. The van der Waals surface area contributed by atoms with Crippen molar-refractivity contribution < 1.29 is 19.5 Å². The molecule has 1 unspecified atom stereocenters. The van der Waals surface area contributed by atoms with Gasteiger partial charge in [0.2, 0.25) is 5.91 Å². The first kappa shape index (κ1) is 10.5. The van der Waals surface area contributed by atoms with Crippen LogP contribution in [0.5, 0.6) is 0 Å². The summed E-state index contributed by atoms with van der Waals surface area (Å²) in [5, 5.41) is 13.6. The molecule has 1 atom stereocenters. The molecule has 0 aromatic carbocycles. The highest BCUT2D eigenvalue weighted by Crippen LogP contribution is 2.02. The summed E-state index contributed by atoms with van der Waals surface area (Å²) in [5.41, 5.74) is 2.22. The van der Waals surface area contributed by atoms with Crippen molar-refractivity contribution in [3.8, 4) is 0 Å². The molecule has 1 fully saturated rings. The third-order valence-corrected chi connectivity index (χ3v) is 1.85. The Kier molecular flexibility index (Phi) is 3.03. The Bertz CT molecular complexity index is 262. The summed E-state index contributed by atoms with van der Waals surface area (Å²) in [6.45, 7) is 1.44. The average Bonchev–Trinajstić information content (AvgIpc) is 2.02. The molecule has 3 amide bonds. The lowest BCUT2D eigenvalue weighted by molar-refractivity contribution is -0.312. The van der Waals surface area contributed by atoms with Crippen molar-refractivity contribution in [2.45, 2.75) is 19.4 Å². The number of nitrogens with zero attached hydrogens (tertiary/aromatic N) is 1. The van der Waals surface area contributed by atoms with Gasteiger partial charge in [-0.1, -0.05) is 6.92 Å². The summed E-state index contributed by atoms with van der Waals surface area (Å²) in [5.74, 6) is -1.85. The van der Waals surface area contributed by atoms with Gasteiger partial charge < -0.3 is 9.90 Å². The van der Waals surface area contributed by atoms with Gasteiger partial charge in [-0.3, -0.25) is 15.5 Å². The van der Waals surface area contributed by atoms with Gasteiger partial charge >= 0.3 is 6.03 Å². The molecule has 7 heteroatoms. The number of carboxylic acid groups (broad SMARTS) is 1. The van der Waals surface area contributed by atoms with Crippen molar-refractivity contribution >= 4 is 17.9 Å². The van der Waals surface area contributed by atoms with Gasteiger partial charge in [-0.25, -0.2) is 9.80 Å². The normalized spacial score (nSPS) is 19.8. The van der Waals surface area contributed by atoms with Crippen molar-refractivity contribution in [2.24, 2.45) is 0 Å². The van der Waals surface area contributed by atoms with Crippen molar-refractivity contribution in [2.75, 3.05) is 6.54 Å². The highest BCUT2D eigenvalue weighted by Gasteiger charge is 2.27. The van der Waals surface area contributed by atoms with Crippen LogP contribution in [0.2, 0.25) is 0 Å². The fourth-order valence-electron chi connectivity index (χ4n) is 1.22. The van der Waals surface area contributed by atoms with E-state index < -0.39 is 23.9 Å². The number of carbonyl (C=O) groups excluding carboxylic acids is 3. The second kappa shape index (κ2) is 4.05. The van der Waals surface area contributed by atoms with E-state index in [1.807, 2.05) is 5.32 Å². The van der Waals surface area contributed by atoms with Gasteiger partial charge in [-0.05, 0) is 6.42 Å². The number of rotatable bonds is 3. The zero-order valence-electron chi connectivity index (χ0n) is 7.57. The van der Waals surface area contributed by atoms with E-state index in [9.17, 15) is 19.5 Å². The van der Waals surface area contributed by atoms with Crippen LogP contribution in [0.25, 0.3) is 0 Å². The van der Waals surface area contributed by atoms with E-state index in [0.717, 1.165) is 5.01 Å². The molecule has 1 aliphatic heterocycles. The topological polar surface area (TPSA) is 102 Å². The summed E-state index contributed by atoms with van der Waals surface area (Å²) < 4.78 is 0. The van der Waals surface area contributed by atoms with Crippen LogP contribution >= 0.6 is 0 Å². The fourth-order valence-corrected chi connectivity index (χ4v) is 1.22. The SMILES string of the molecule is CCC(C(=O)[O-])N1CC(=O)NC(=O)N1. The van der Waals surface area contributed by atoms with E-state index in [2.05, 4.69) is 5.43 Å². The van der Waals surface area contributed by atoms with Crippen molar-refractivity contribution in [1.29, 1.82) is 0 Å². The number of carbonyl (C=O) groups is 3. The number of amides is 3. The fraction of sp³-hybridized carbons (Fsp3) is 0.571. The van der Waals surface area contributed by atoms with Crippen LogP contribution in [0, 0.1) is 0 Å². The molecule has 0 saturated carbocycles. The highest BCUT2D eigenvalue weighted by molar-refractivity contribution is 5.97. The molecule has 14 heavy (non-hydrogen) atoms. The maximum absolute atomic E-state index is 10.9. The van der Waals surface area contributed by atoms with Gasteiger partial charge in [0, 0.05) is 0 Å². The molecule has 0 bridgehead atoms. The molecule has 1 heterocycles. The monoisotopic (exact) mass is 200 g/mol. The van der Waals surface area contributed by atoms with Gasteiger partial charge in [0.1, 0.15) is 0 Å². The van der Waals surface area contributed by atoms with E-state index >= 15 is 0 Å². The molecule has 2 N–H and O–H groups in total. The Balaban J connectivity index is 2.70. The molecule has 0 spiro atoms. The molecule has 1 aliphatic rings. The average molecular weight is 200 g/mol. The maximum atomic E-state index is 10.9. The largest absolute Gasteiger partial charge is 0.548 e. The van der Waals surface area contributed by atoms with Crippen LogP contribution in [0.1, 0.15) is 13.3 Å². The Morgan fingerprint density at radius 1 is 1.64 bits per heavy atom. The number of aliphatic carboxylic acids is 1. The first-order valence-corrected chi connectivity index (χ1v) is 4.12. The molecular weight excluding hydrogens is 190 g/mol. The van der Waals surface area contributed by atoms with Crippen LogP contribution in [0.15, 0.2) is 0 Å². The lowest BCUT2D eigenvalue weighted by Gasteiger charge is -2.33. The Morgan fingerprint density at radius 3 is 2.71 bits per heavy atom. The van der Waals surface area contributed by atoms with Crippen LogP contribution in [-0.2, 0) is 9.59 Å². The number of hydrogen-bond acceptors (Lipinski definition) is 5. The number of imide groups is 1. The van der Waals surface area contributed by atoms with Crippen LogP contribution in [-0.4, -0.2) is 35.5 Å². The minimum atomic E-state index is -1.32. The van der Waals surface area contributed by atoms with Crippen LogP contribution in [0.4, 0.5) is 4.79 Å². The van der Waals surface area contributed by atoms with Gasteiger partial charge in [0.15, 0.2) is 0 Å². The van der Waals surface area contributed by atoms with Crippen LogP contribution in [0.3, 0.4) is 0 Å². The van der Waals surface area contributed by atoms with Crippen molar-refractivity contribution in [3.05, 3.63) is 0 Å². The molecule has 0 radical (unpaired) electrons. The van der Waals surface area contributed by atoms with Crippen molar-refractivity contribution in [3.63, 3.8) is 0 Å². The third-order valence-electron chi connectivity index (χ3n) is 1.85. The molecule has 1 saturated heterocycles. The minimum Gasteiger partial charge on any atom is -0.548 e. The highest BCUT2D eigenvalue weighted by atomic mass is 16.4. The van der Waals surface area contributed by atoms with E-state index in [1.54, 1.807) is 6.92 Å². The predicted octanol–water partition coefficient (Wildman–Crippen LogP) is -2.43. The summed E-state index contributed by atoms with van der Waals surface area (Å²) in [7, 11) is 0. The van der Waals surface area contributed by atoms with Gasteiger partial charge in [-0.2, -0.15) is 0 Å². The number of hydrazine groups is 1. The zero-order valence-corrected chi connectivity index (χ0v) is 7.57. The first-order chi connectivity index (χ1) is 6.54. The Hall–Kier alpha value is -1.63. The Labute approximate surface area is 80.0 Å². The number of urea groups is 1. The number of hydrogen-bond donors (Lipinski definition) is 2. The second-order valence-electron chi connectivity index (χ2n) is 2.86. The van der Waals surface area contributed by atoms with E-state index in [4.69, 9.17) is 0 Å². The molecule has 7 nitrogen and oxygen atoms in total. The molecule has 0 aliphatic carbocycles. The van der Waals surface area contributed by atoms with Crippen LogP contribution < -0.4 is 15.8 Å². The predicted molar refractivity (Wildman–Crippen MR) is 42.5 cm³/mol. The first-order valence-electron chi connectivity index (χ1n) is 4.12. The number of nitrogens with one attached hydrogen (secondary N) is 2. The number of carboxylic acids is 1. The van der Waals surface area contributed by atoms with Gasteiger partial charge in [0.25, 0.3) is 0 Å². The third kappa shape index (κ3) is 2.19. The maximum Gasteiger partial charge on any atom is 0.336 e. The lowest BCUT2D eigenvalue weighted by atomic mass is 10.2. The summed E-state index contributed by atoms with van der Waals surface area (Å²) in [6, 6.07) is -1.70. The van der Waals surface area contributed by atoms with E-state index in [1.165, 1.54) is 0 Å². The summed E-state index contributed by atoms with van der Waals surface area (Å²) in [4.78, 5) is 32.3. The molecule has 0 aromatic rings. The smallest absolute Gasteiger partial charge is 0.336 e. The zero-order chi connectivity index (χ0) is 10.7. The standard InChI is InChI=1S/C7H11N3O4/c1-2-4(6(12)13)10-3-5(11)8-7(14)9-10/h4H,2-3H2,1H3,(H,12,13)(H2,8,9,11,14)/p-1. The van der Waals surface area contributed by atoms with Gasteiger partial charge in [-0.15, -0.1) is 0 Å². The Morgan fingerprint density at radius 2 is 2.29 bits per heavy atom. The van der Waals surface area contributed by atoms with E-state index in [-0.39, 0.29) is 13.0 Å². The summed E-state index contributed by atoms with van der Waals surface area (Å²) in [6.07, 6.45) is 0.246. The van der Waals surface area contributed by atoms with Gasteiger partial charge in [0.05, 0.1) is 18.6 Å². The van der Waals surface area contributed by atoms with E-state index in [0.29, 0.717) is 0 Å². The second-order valence-corrected chi connectivity index (χ2v) is 2.86.